The van der Waals surface area contributed by atoms with Crippen LogP contribution >= 0.6 is 15.9 Å². The molecule has 0 unspecified atom stereocenters. The number of fused-ring (bicyclic) bond motifs is 1. The molecule has 4 rings (SSSR count). The molecule has 1 nitrogen and oxygen atoms in total. The maximum absolute atomic E-state index is 4.49. The average molecular weight is 360 g/mol. The monoisotopic (exact) mass is 359 g/mol. The maximum atomic E-state index is 4.49. The van der Waals surface area contributed by atoms with Gasteiger partial charge in [0.25, 0.3) is 0 Å². The van der Waals surface area contributed by atoms with E-state index in [1.807, 2.05) is 18.5 Å². The summed E-state index contributed by atoms with van der Waals surface area (Å²) in [5.41, 5.74) is 4.77. The molecule has 0 aliphatic rings. The molecule has 3 aromatic carbocycles. The zero-order chi connectivity index (χ0) is 15.6. The van der Waals surface area contributed by atoms with Crippen LogP contribution in [0.3, 0.4) is 0 Å². The van der Waals surface area contributed by atoms with Crippen LogP contribution < -0.4 is 0 Å². The van der Waals surface area contributed by atoms with E-state index in [2.05, 4.69) is 87.6 Å². The van der Waals surface area contributed by atoms with E-state index in [0.29, 0.717) is 0 Å². The fourth-order valence-corrected chi connectivity index (χ4v) is 3.19. The van der Waals surface area contributed by atoms with Crippen molar-refractivity contribution in [3.8, 4) is 22.3 Å². The van der Waals surface area contributed by atoms with Gasteiger partial charge in [0.15, 0.2) is 0 Å². The summed E-state index contributed by atoms with van der Waals surface area (Å²) in [7, 11) is 0. The van der Waals surface area contributed by atoms with Crippen molar-refractivity contribution in [3.63, 3.8) is 0 Å². The number of aromatic nitrogens is 1. The third-order valence-corrected chi connectivity index (χ3v) is 4.57. The van der Waals surface area contributed by atoms with E-state index in [-0.39, 0.29) is 0 Å². The first-order valence-electron chi connectivity index (χ1n) is 7.51. The Morgan fingerprint density at radius 2 is 1.30 bits per heavy atom. The number of rotatable bonds is 2. The summed E-state index contributed by atoms with van der Waals surface area (Å²) < 4.78 is 1.08. The molecule has 0 aliphatic heterocycles. The maximum Gasteiger partial charge on any atom is 0.0353 e. The van der Waals surface area contributed by atoms with Gasteiger partial charge in [0.05, 0.1) is 0 Å². The van der Waals surface area contributed by atoms with Crippen molar-refractivity contribution < 1.29 is 0 Å². The number of nitrogens with zero attached hydrogens (tertiary/aromatic N) is 1. The molecule has 0 saturated heterocycles. The lowest BCUT2D eigenvalue weighted by Gasteiger charge is -2.10. The van der Waals surface area contributed by atoms with Crippen molar-refractivity contribution in [2.24, 2.45) is 0 Å². The van der Waals surface area contributed by atoms with Crippen molar-refractivity contribution in [3.05, 3.63) is 89.7 Å². The van der Waals surface area contributed by atoms with Gasteiger partial charge in [-0.3, -0.25) is 4.98 Å². The molecule has 1 heterocycles. The van der Waals surface area contributed by atoms with E-state index < -0.39 is 0 Å². The summed E-state index contributed by atoms with van der Waals surface area (Å²) in [5, 5.41) is 2.41. The Morgan fingerprint density at radius 3 is 2.09 bits per heavy atom. The van der Waals surface area contributed by atoms with Gasteiger partial charge in [-0.15, -0.1) is 0 Å². The molecule has 0 N–H and O–H groups in total. The second-order valence-electron chi connectivity index (χ2n) is 5.46. The van der Waals surface area contributed by atoms with Crippen molar-refractivity contribution in [2.75, 3.05) is 0 Å². The predicted octanol–water partition coefficient (Wildman–Crippen LogP) is 6.33. The number of hydrogen-bond acceptors (Lipinski definition) is 1. The third-order valence-electron chi connectivity index (χ3n) is 4.04. The molecule has 2 heteroatoms. The number of pyridine rings is 1. The van der Waals surface area contributed by atoms with Gasteiger partial charge in [0, 0.05) is 27.8 Å². The Labute approximate surface area is 143 Å². The van der Waals surface area contributed by atoms with Gasteiger partial charge in [-0.2, -0.15) is 0 Å². The van der Waals surface area contributed by atoms with E-state index in [0.717, 1.165) is 10.0 Å². The number of halogens is 1. The Hall–Kier alpha value is -2.45. The molecule has 4 aromatic rings. The van der Waals surface area contributed by atoms with Crippen LogP contribution in [0.5, 0.6) is 0 Å². The van der Waals surface area contributed by atoms with Crippen LogP contribution in [0, 0.1) is 0 Å². The smallest absolute Gasteiger partial charge is 0.0353 e. The highest BCUT2D eigenvalue weighted by Gasteiger charge is 2.08. The van der Waals surface area contributed by atoms with Crippen LogP contribution in [0.2, 0.25) is 0 Å². The minimum absolute atomic E-state index is 1.08. The summed E-state index contributed by atoms with van der Waals surface area (Å²) in [6.07, 6.45) is 3.90. The van der Waals surface area contributed by atoms with Crippen molar-refractivity contribution in [2.45, 2.75) is 0 Å². The Bertz CT molecular complexity index is 960. The normalized spacial score (nSPS) is 10.8. The van der Waals surface area contributed by atoms with Crippen LogP contribution in [-0.2, 0) is 0 Å². The van der Waals surface area contributed by atoms with Crippen molar-refractivity contribution in [1.29, 1.82) is 0 Å². The van der Waals surface area contributed by atoms with Gasteiger partial charge in [-0.25, -0.2) is 0 Å². The molecular formula is C21H14BrN. The highest BCUT2D eigenvalue weighted by Crippen LogP contribution is 2.34. The number of benzene rings is 3. The Kier molecular flexibility index (Phi) is 3.68. The summed E-state index contributed by atoms with van der Waals surface area (Å²) in [4.78, 5) is 4.49. The molecular weight excluding hydrogens is 346 g/mol. The van der Waals surface area contributed by atoms with Gasteiger partial charge in [-0.1, -0.05) is 76.6 Å². The van der Waals surface area contributed by atoms with Gasteiger partial charge in [0.1, 0.15) is 0 Å². The van der Waals surface area contributed by atoms with Crippen molar-refractivity contribution in [1.82, 2.24) is 4.98 Å². The Balaban J connectivity index is 1.97. The molecule has 0 atom stereocenters. The molecule has 0 saturated carbocycles. The second kappa shape index (κ2) is 5.98. The highest BCUT2D eigenvalue weighted by molar-refractivity contribution is 9.10. The van der Waals surface area contributed by atoms with E-state index in [4.69, 9.17) is 0 Å². The second-order valence-corrected chi connectivity index (χ2v) is 6.38. The van der Waals surface area contributed by atoms with Gasteiger partial charge in [-0.05, 0) is 34.2 Å². The molecule has 1 aromatic heterocycles. The molecule has 0 amide bonds. The van der Waals surface area contributed by atoms with E-state index in [1.54, 1.807) is 0 Å². The fraction of sp³-hybridized carbons (Fsp3) is 0. The van der Waals surface area contributed by atoms with Gasteiger partial charge >= 0.3 is 0 Å². The zero-order valence-corrected chi connectivity index (χ0v) is 14.0. The van der Waals surface area contributed by atoms with Crippen LogP contribution in [0.1, 0.15) is 0 Å². The number of hydrogen-bond donors (Lipinski definition) is 0. The summed E-state index contributed by atoms with van der Waals surface area (Å²) in [6, 6.07) is 25.3. The van der Waals surface area contributed by atoms with Gasteiger partial charge in [0.2, 0.25) is 0 Å². The van der Waals surface area contributed by atoms with Crippen LogP contribution in [0.15, 0.2) is 89.7 Å². The van der Waals surface area contributed by atoms with E-state index in [9.17, 15) is 0 Å². The van der Waals surface area contributed by atoms with E-state index in [1.165, 1.54) is 27.5 Å². The minimum Gasteiger partial charge on any atom is -0.263 e. The molecule has 0 aliphatic carbocycles. The van der Waals surface area contributed by atoms with Crippen LogP contribution in [-0.4, -0.2) is 4.98 Å². The summed E-state index contributed by atoms with van der Waals surface area (Å²) >= 11 is 3.49. The largest absolute Gasteiger partial charge is 0.263 e. The highest BCUT2D eigenvalue weighted by atomic mass is 79.9. The lowest BCUT2D eigenvalue weighted by Crippen LogP contribution is -1.87. The average Bonchev–Trinajstić information content (AvgIpc) is 2.62. The zero-order valence-electron chi connectivity index (χ0n) is 12.4. The van der Waals surface area contributed by atoms with Crippen LogP contribution in [0.4, 0.5) is 0 Å². The lowest BCUT2D eigenvalue weighted by atomic mass is 9.95. The molecule has 0 fully saturated rings. The summed E-state index contributed by atoms with van der Waals surface area (Å²) in [5.74, 6) is 0. The first-order chi connectivity index (χ1) is 11.3. The molecule has 110 valence electrons. The molecule has 0 spiro atoms. The SMILES string of the molecule is Brc1ccc(-c2cncc3c(-c4ccccc4)cccc23)cc1. The standard InChI is InChI=1S/C21H14BrN/c22-17-11-9-16(10-12-17)20-13-23-14-21-18(7-4-8-19(20)21)15-5-2-1-3-6-15/h1-14H. The first kappa shape index (κ1) is 14.2. The first-order valence-corrected chi connectivity index (χ1v) is 8.30. The quantitative estimate of drug-likeness (QED) is 0.407. The molecule has 0 bridgehead atoms. The topological polar surface area (TPSA) is 12.9 Å². The van der Waals surface area contributed by atoms with E-state index >= 15 is 0 Å². The lowest BCUT2D eigenvalue weighted by molar-refractivity contribution is 1.36. The van der Waals surface area contributed by atoms with Gasteiger partial charge < -0.3 is 0 Å². The molecule has 23 heavy (non-hydrogen) atoms. The minimum atomic E-state index is 1.08. The van der Waals surface area contributed by atoms with Crippen molar-refractivity contribution >= 4 is 26.7 Å². The third kappa shape index (κ3) is 2.66. The fourth-order valence-electron chi connectivity index (χ4n) is 2.92. The predicted molar refractivity (Wildman–Crippen MR) is 100 cm³/mol. The molecule has 0 radical (unpaired) electrons. The Morgan fingerprint density at radius 1 is 0.565 bits per heavy atom. The summed E-state index contributed by atoms with van der Waals surface area (Å²) in [6.45, 7) is 0. The van der Waals surface area contributed by atoms with Crippen LogP contribution in [0.25, 0.3) is 33.0 Å².